The summed E-state index contributed by atoms with van der Waals surface area (Å²) in [4.78, 5) is 42.2. The number of anilines is 2. The molecule has 39 heavy (non-hydrogen) atoms. The Morgan fingerprint density at radius 2 is 1.97 bits per heavy atom. The number of rotatable bonds is 9. The van der Waals surface area contributed by atoms with Crippen molar-refractivity contribution in [3.8, 4) is 0 Å². The second-order valence-electron chi connectivity index (χ2n) is 10.3. The molecule has 3 aliphatic rings. The van der Waals surface area contributed by atoms with Crippen LogP contribution in [0.3, 0.4) is 0 Å². The van der Waals surface area contributed by atoms with Gasteiger partial charge in [-0.2, -0.15) is 0 Å². The molecule has 2 saturated heterocycles. The molecule has 0 radical (unpaired) electrons. The number of carbonyl (C=O) groups is 2. The predicted octanol–water partition coefficient (Wildman–Crippen LogP) is 5.34. The third kappa shape index (κ3) is 6.09. The lowest BCUT2D eigenvalue weighted by atomic mass is 9.77. The van der Waals surface area contributed by atoms with Crippen LogP contribution in [0.25, 0.3) is 0 Å². The minimum absolute atomic E-state index is 0.0779. The number of allylic oxidation sites excluding steroid dienone is 1. The zero-order valence-electron chi connectivity index (χ0n) is 21.8. The van der Waals surface area contributed by atoms with Gasteiger partial charge in [-0.1, -0.05) is 45.7 Å². The standard InChI is InChI=1S/C29H32BrClN6O2/c1-32-18-25(31)27(22-4-2-3-21(13-22)20-5-6-20)35-19-34-23-14-24(17-33-16-23)37-12-9-29(28(37)39)7-10-36(11-8-29)26(38)15-30/h2-4,13-14,16-18,20,34H,1,5-12,15,19H2/b25-18+,35-27-. The highest BCUT2D eigenvalue weighted by Crippen LogP contribution is 2.43. The van der Waals surface area contributed by atoms with E-state index in [0.29, 0.717) is 54.5 Å². The van der Waals surface area contributed by atoms with Gasteiger partial charge in [0.25, 0.3) is 0 Å². The maximum Gasteiger partial charge on any atom is 0.233 e. The van der Waals surface area contributed by atoms with Gasteiger partial charge in [-0.05, 0) is 62.4 Å². The molecule has 0 bridgehead atoms. The molecule has 8 nitrogen and oxygen atoms in total. The molecule has 1 aromatic carbocycles. The maximum atomic E-state index is 13.5. The van der Waals surface area contributed by atoms with E-state index in [1.165, 1.54) is 24.6 Å². The van der Waals surface area contributed by atoms with Gasteiger partial charge in [0, 0.05) is 31.4 Å². The van der Waals surface area contributed by atoms with Gasteiger partial charge < -0.3 is 15.1 Å². The van der Waals surface area contributed by atoms with Crippen LogP contribution in [0.4, 0.5) is 11.4 Å². The SMILES string of the molecule is C=N/C=C(Cl)\C(=N/CNc1cncc(N2CCC3(CCN(C(=O)CBr)CC3)C2=O)c1)c1cccc(C2CC2)c1. The van der Waals surface area contributed by atoms with Crippen LogP contribution in [-0.2, 0) is 9.59 Å². The first-order valence-corrected chi connectivity index (χ1v) is 14.8. The van der Waals surface area contributed by atoms with Crippen LogP contribution < -0.4 is 10.2 Å². The van der Waals surface area contributed by atoms with Crippen LogP contribution in [0, 0.1) is 5.41 Å². The van der Waals surface area contributed by atoms with Crippen LogP contribution in [0.5, 0.6) is 0 Å². The summed E-state index contributed by atoms with van der Waals surface area (Å²) >= 11 is 9.77. The fraction of sp³-hybridized carbons (Fsp3) is 0.414. The molecule has 1 spiro atoms. The Labute approximate surface area is 242 Å². The van der Waals surface area contributed by atoms with Crippen molar-refractivity contribution in [1.29, 1.82) is 0 Å². The summed E-state index contributed by atoms with van der Waals surface area (Å²) in [5.41, 5.74) is 4.00. The predicted molar refractivity (Wildman–Crippen MR) is 160 cm³/mol. The molecule has 5 rings (SSSR count). The molecule has 3 fully saturated rings. The van der Waals surface area contributed by atoms with Gasteiger partial charge in [-0.3, -0.25) is 24.6 Å². The highest BCUT2D eigenvalue weighted by molar-refractivity contribution is 9.09. The number of nitrogens with one attached hydrogen (secondary N) is 1. The summed E-state index contributed by atoms with van der Waals surface area (Å²) in [6.45, 7) is 5.67. The average molecular weight is 612 g/mol. The Kier molecular flexibility index (Phi) is 8.47. The number of pyridine rings is 1. The molecule has 1 aromatic heterocycles. The number of aliphatic imine (C=N–C) groups is 2. The molecule has 1 N–H and O–H groups in total. The number of carbonyl (C=O) groups excluding carboxylic acids is 2. The largest absolute Gasteiger partial charge is 0.365 e. The summed E-state index contributed by atoms with van der Waals surface area (Å²) in [6.07, 6.45) is 9.55. The van der Waals surface area contributed by atoms with E-state index < -0.39 is 5.41 Å². The van der Waals surface area contributed by atoms with Crippen molar-refractivity contribution in [2.45, 2.75) is 38.0 Å². The van der Waals surface area contributed by atoms with E-state index in [1.807, 2.05) is 28.0 Å². The van der Waals surface area contributed by atoms with E-state index in [9.17, 15) is 9.59 Å². The van der Waals surface area contributed by atoms with E-state index in [1.54, 1.807) is 12.4 Å². The number of hydrogen-bond donors (Lipinski definition) is 1. The van der Waals surface area contributed by atoms with Crippen molar-refractivity contribution in [3.63, 3.8) is 0 Å². The molecule has 2 aromatic rings. The molecule has 204 valence electrons. The first kappa shape index (κ1) is 27.5. The van der Waals surface area contributed by atoms with Crippen molar-refractivity contribution in [2.24, 2.45) is 15.4 Å². The number of aromatic nitrogens is 1. The molecule has 2 amide bonds. The van der Waals surface area contributed by atoms with Crippen molar-refractivity contribution >= 4 is 63.1 Å². The lowest BCUT2D eigenvalue weighted by Crippen LogP contribution is -2.47. The van der Waals surface area contributed by atoms with E-state index >= 15 is 0 Å². The van der Waals surface area contributed by atoms with Gasteiger partial charge in [0.2, 0.25) is 11.8 Å². The molecule has 10 heteroatoms. The highest BCUT2D eigenvalue weighted by atomic mass is 79.9. The van der Waals surface area contributed by atoms with Crippen LogP contribution in [0.2, 0.25) is 0 Å². The Bertz CT molecular complexity index is 1320. The molecule has 1 saturated carbocycles. The summed E-state index contributed by atoms with van der Waals surface area (Å²) in [5, 5.41) is 4.03. The quantitative estimate of drug-likeness (QED) is 0.306. The van der Waals surface area contributed by atoms with Gasteiger partial charge in [-0.25, -0.2) is 0 Å². The van der Waals surface area contributed by atoms with Crippen molar-refractivity contribution in [2.75, 3.05) is 41.8 Å². The van der Waals surface area contributed by atoms with Gasteiger partial charge in [0.15, 0.2) is 0 Å². The third-order valence-corrected chi connectivity index (χ3v) is 8.65. The topological polar surface area (TPSA) is 90.3 Å². The highest BCUT2D eigenvalue weighted by Gasteiger charge is 2.49. The fourth-order valence-corrected chi connectivity index (χ4v) is 6.08. The minimum Gasteiger partial charge on any atom is -0.365 e. The second-order valence-corrected chi connectivity index (χ2v) is 11.3. The number of alkyl halides is 1. The summed E-state index contributed by atoms with van der Waals surface area (Å²) < 4.78 is 0. The number of benzene rings is 1. The normalized spacial score (nSPS) is 19.5. The number of nitrogens with zero attached hydrogens (tertiary/aromatic N) is 5. The zero-order valence-corrected chi connectivity index (χ0v) is 24.1. The maximum absolute atomic E-state index is 13.5. The first-order chi connectivity index (χ1) is 18.9. The Balaban J connectivity index is 1.27. The van der Waals surface area contributed by atoms with Crippen LogP contribution in [0.1, 0.15) is 49.1 Å². The molecule has 0 unspecified atom stereocenters. The fourth-order valence-electron chi connectivity index (χ4n) is 5.48. The van der Waals surface area contributed by atoms with E-state index in [0.717, 1.165) is 23.4 Å². The number of amides is 2. The van der Waals surface area contributed by atoms with E-state index in [-0.39, 0.29) is 18.5 Å². The van der Waals surface area contributed by atoms with E-state index in [2.05, 4.69) is 50.1 Å². The lowest BCUT2D eigenvalue weighted by Gasteiger charge is -2.37. The third-order valence-electron chi connectivity index (χ3n) is 7.90. The Morgan fingerprint density at radius 1 is 1.21 bits per heavy atom. The molecule has 2 aliphatic heterocycles. The van der Waals surface area contributed by atoms with Crippen LogP contribution in [0.15, 0.2) is 63.9 Å². The molecule has 3 heterocycles. The summed E-state index contributed by atoms with van der Waals surface area (Å²) in [5.74, 6) is 0.821. The minimum atomic E-state index is -0.400. The van der Waals surface area contributed by atoms with Crippen LogP contribution in [-0.4, -0.2) is 65.8 Å². The van der Waals surface area contributed by atoms with Gasteiger partial charge in [-0.15, -0.1) is 0 Å². The zero-order chi connectivity index (χ0) is 27.4. The lowest BCUT2D eigenvalue weighted by molar-refractivity contribution is -0.135. The number of hydrogen-bond acceptors (Lipinski definition) is 6. The Hall–Kier alpha value is -3.04. The van der Waals surface area contributed by atoms with Crippen molar-refractivity contribution < 1.29 is 9.59 Å². The number of piperidine rings is 1. The van der Waals surface area contributed by atoms with E-state index in [4.69, 9.17) is 16.6 Å². The van der Waals surface area contributed by atoms with Gasteiger partial charge in [0.05, 0.1) is 45.3 Å². The average Bonchev–Trinajstić information content (AvgIpc) is 3.77. The second kappa shape index (κ2) is 12.0. The first-order valence-electron chi connectivity index (χ1n) is 13.3. The number of halogens is 2. The molecular formula is C29H32BrClN6O2. The van der Waals surface area contributed by atoms with Gasteiger partial charge >= 0.3 is 0 Å². The summed E-state index contributed by atoms with van der Waals surface area (Å²) in [7, 11) is 0. The van der Waals surface area contributed by atoms with Crippen LogP contribution >= 0.6 is 27.5 Å². The van der Waals surface area contributed by atoms with Gasteiger partial charge in [0.1, 0.15) is 6.67 Å². The molecule has 0 atom stereocenters. The summed E-state index contributed by atoms with van der Waals surface area (Å²) in [6, 6.07) is 10.3. The number of likely N-dealkylation sites (tertiary alicyclic amines) is 1. The van der Waals surface area contributed by atoms with Crippen molar-refractivity contribution in [3.05, 3.63) is 65.1 Å². The Morgan fingerprint density at radius 3 is 2.69 bits per heavy atom. The smallest absolute Gasteiger partial charge is 0.233 e. The monoisotopic (exact) mass is 610 g/mol. The molecular weight excluding hydrogens is 580 g/mol. The molecule has 1 aliphatic carbocycles. The van der Waals surface area contributed by atoms with Crippen molar-refractivity contribution in [1.82, 2.24) is 9.88 Å².